The van der Waals surface area contributed by atoms with Crippen LogP contribution < -0.4 is 5.32 Å². The van der Waals surface area contributed by atoms with Gasteiger partial charge in [-0.3, -0.25) is 0 Å². The van der Waals surface area contributed by atoms with Gasteiger partial charge in [0.05, 0.1) is 6.61 Å². The number of alkyl carbamates (subject to hydrolysis) is 1. The Morgan fingerprint density at radius 1 is 0.933 bits per heavy atom. The standard InChI is InChI=1S/C24H39NO4S/c1-3-4-5-6-7-8-9-10-14-18-28-23(26)22(17-19-30-2)25-24(27)29-20-21-15-12-11-13-16-21/h11-13,15-16,22H,3-10,14,17-20H2,1-2H3,(H,25,27). The number of hydrogen-bond acceptors (Lipinski definition) is 5. The first-order valence-corrected chi connectivity index (χ1v) is 12.7. The van der Waals surface area contributed by atoms with Gasteiger partial charge in [0.15, 0.2) is 0 Å². The lowest BCUT2D eigenvalue weighted by Gasteiger charge is -2.17. The molecule has 0 radical (unpaired) electrons. The van der Waals surface area contributed by atoms with Crippen LogP contribution in [0.15, 0.2) is 30.3 Å². The minimum absolute atomic E-state index is 0.176. The molecule has 6 heteroatoms. The smallest absolute Gasteiger partial charge is 0.408 e. The number of thioether (sulfide) groups is 1. The van der Waals surface area contributed by atoms with Gasteiger partial charge in [-0.25, -0.2) is 9.59 Å². The van der Waals surface area contributed by atoms with E-state index in [0.717, 1.165) is 24.2 Å². The number of esters is 1. The van der Waals surface area contributed by atoms with Crippen molar-refractivity contribution in [3.8, 4) is 0 Å². The van der Waals surface area contributed by atoms with Gasteiger partial charge in [-0.1, -0.05) is 88.6 Å². The summed E-state index contributed by atoms with van der Waals surface area (Å²) in [6.45, 7) is 2.82. The van der Waals surface area contributed by atoms with E-state index in [2.05, 4.69) is 12.2 Å². The molecule has 1 aromatic carbocycles. The van der Waals surface area contributed by atoms with Gasteiger partial charge < -0.3 is 14.8 Å². The number of hydrogen-bond donors (Lipinski definition) is 1. The minimum Gasteiger partial charge on any atom is -0.464 e. The van der Waals surface area contributed by atoms with E-state index in [4.69, 9.17) is 9.47 Å². The largest absolute Gasteiger partial charge is 0.464 e. The molecule has 1 unspecified atom stereocenters. The van der Waals surface area contributed by atoms with Crippen LogP contribution in [-0.4, -0.2) is 36.7 Å². The fourth-order valence-corrected chi connectivity index (χ4v) is 3.55. The van der Waals surface area contributed by atoms with Crippen LogP contribution in [0.4, 0.5) is 4.79 Å². The highest BCUT2D eigenvalue weighted by Gasteiger charge is 2.22. The van der Waals surface area contributed by atoms with Gasteiger partial charge in [0.25, 0.3) is 0 Å². The van der Waals surface area contributed by atoms with Crippen LogP contribution in [0.3, 0.4) is 0 Å². The quantitative estimate of drug-likeness (QED) is 0.235. The lowest BCUT2D eigenvalue weighted by Crippen LogP contribution is -2.42. The highest BCUT2D eigenvalue weighted by Crippen LogP contribution is 2.10. The number of unbranched alkanes of at least 4 members (excludes halogenated alkanes) is 8. The van der Waals surface area contributed by atoms with Crippen molar-refractivity contribution in [2.45, 2.75) is 83.8 Å². The van der Waals surface area contributed by atoms with E-state index in [1.54, 1.807) is 11.8 Å². The highest BCUT2D eigenvalue weighted by atomic mass is 32.2. The molecule has 1 aromatic rings. The Morgan fingerprint density at radius 2 is 1.57 bits per heavy atom. The highest BCUT2D eigenvalue weighted by molar-refractivity contribution is 7.98. The Kier molecular flexibility index (Phi) is 15.9. The van der Waals surface area contributed by atoms with E-state index in [0.29, 0.717) is 13.0 Å². The normalized spacial score (nSPS) is 11.7. The first-order valence-electron chi connectivity index (χ1n) is 11.3. The molecule has 1 atom stereocenters. The van der Waals surface area contributed by atoms with Crippen molar-refractivity contribution in [2.24, 2.45) is 0 Å². The van der Waals surface area contributed by atoms with Crippen molar-refractivity contribution < 1.29 is 19.1 Å². The molecule has 0 saturated carbocycles. The predicted molar refractivity (Wildman–Crippen MR) is 125 cm³/mol. The second-order valence-electron chi connectivity index (χ2n) is 7.54. The topological polar surface area (TPSA) is 64.6 Å². The molecule has 5 nitrogen and oxygen atoms in total. The first kappa shape index (κ1) is 26.3. The Labute approximate surface area is 186 Å². The fourth-order valence-electron chi connectivity index (χ4n) is 3.08. The zero-order chi connectivity index (χ0) is 21.9. The molecule has 0 bridgehead atoms. The molecule has 170 valence electrons. The van der Waals surface area contributed by atoms with Gasteiger partial charge >= 0.3 is 12.1 Å². The third kappa shape index (κ3) is 13.5. The lowest BCUT2D eigenvalue weighted by molar-refractivity contribution is -0.146. The Bertz CT molecular complexity index is 568. The van der Waals surface area contributed by atoms with Gasteiger partial charge in [0.1, 0.15) is 12.6 Å². The third-order valence-electron chi connectivity index (χ3n) is 4.89. The summed E-state index contributed by atoms with van der Waals surface area (Å²) in [5.74, 6) is 0.386. The van der Waals surface area contributed by atoms with Gasteiger partial charge in [-0.15, -0.1) is 0 Å². The summed E-state index contributed by atoms with van der Waals surface area (Å²) in [4.78, 5) is 24.5. The maximum atomic E-state index is 12.4. The molecule has 1 rings (SSSR count). The van der Waals surface area contributed by atoms with Crippen LogP contribution in [0.1, 0.15) is 76.7 Å². The van der Waals surface area contributed by atoms with Gasteiger partial charge in [-0.05, 0) is 30.4 Å². The SMILES string of the molecule is CCCCCCCCCCCOC(=O)C(CCSC)NC(=O)OCc1ccccc1. The van der Waals surface area contributed by atoms with Crippen LogP contribution in [0, 0.1) is 0 Å². The number of amides is 1. The molecule has 0 aliphatic carbocycles. The van der Waals surface area contributed by atoms with Crippen molar-refractivity contribution in [1.29, 1.82) is 0 Å². The number of benzene rings is 1. The average Bonchev–Trinajstić information content (AvgIpc) is 2.77. The van der Waals surface area contributed by atoms with Crippen molar-refractivity contribution in [2.75, 3.05) is 18.6 Å². The van der Waals surface area contributed by atoms with Crippen LogP contribution in [0.25, 0.3) is 0 Å². The zero-order valence-corrected chi connectivity index (χ0v) is 19.5. The maximum absolute atomic E-state index is 12.4. The summed E-state index contributed by atoms with van der Waals surface area (Å²) >= 11 is 1.63. The summed E-state index contributed by atoms with van der Waals surface area (Å²) in [6.07, 6.45) is 12.9. The minimum atomic E-state index is -0.667. The predicted octanol–water partition coefficient (Wildman–Crippen LogP) is 6.11. The van der Waals surface area contributed by atoms with E-state index in [1.165, 1.54) is 44.9 Å². The summed E-state index contributed by atoms with van der Waals surface area (Å²) in [5.41, 5.74) is 0.904. The zero-order valence-electron chi connectivity index (χ0n) is 18.7. The second-order valence-corrected chi connectivity index (χ2v) is 8.52. The number of rotatable bonds is 17. The summed E-state index contributed by atoms with van der Waals surface area (Å²) < 4.78 is 10.6. The molecular weight excluding hydrogens is 398 g/mol. The summed E-state index contributed by atoms with van der Waals surface area (Å²) in [7, 11) is 0. The fraction of sp³-hybridized carbons (Fsp3) is 0.667. The first-order chi connectivity index (χ1) is 14.7. The molecule has 1 N–H and O–H groups in total. The molecule has 0 aliphatic heterocycles. The Morgan fingerprint density at radius 3 is 2.20 bits per heavy atom. The monoisotopic (exact) mass is 437 g/mol. The van der Waals surface area contributed by atoms with Gasteiger partial charge in [0.2, 0.25) is 0 Å². The van der Waals surface area contributed by atoms with E-state index >= 15 is 0 Å². The second kappa shape index (κ2) is 18.1. The molecule has 30 heavy (non-hydrogen) atoms. The number of ether oxygens (including phenoxy) is 2. The van der Waals surface area contributed by atoms with Crippen LogP contribution >= 0.6 is 11.8 Å². The molecule has 0 spiro atoms. The van der Waals surface area contributed by atoms with E-state index in [9.17, 15) is 9.59 Å². The molecule has 0 aliphatic rings. The van der Waals surface area contributed by atoms with Crippen molar-refractivity contribution in [3.05, 3.63) is 35.9 Å². The lowest BCUT2D eigenvalue weighted by atomic mass is 10.1. The third-order valence-corrected chi connectivity index (χ3v) is 5.54. The van der Waals surface area contributed by atoms with E-state index in [1.807, 2.05) is 36.6 Å². The Balaban J connectivity index is 2.22. The van der Waals surface area contributed by atoms with Crippen LogP contribution in [-0.2, 0) is 20.9 Å². The molecule has 0 fully saturated rings. The van der Waals surface area contributed by atoms with E-state index in [-0.39, 0.29) is 12.6 Å². The summed E-state index contributed by atoms with van der Waals surface area (Å²) in [5, 5.41) is 2.66. The molecule has 0 heterocycles. The molecular formula is C24H39NO4S. The van der Waals surface area contributed by atoms with Crippen molar-refractivity contribution in [3.63, 3.8) is 0 Å². The van der Waals surface area contributed by atoms with Crippen molar-refractivity contribution >= 4 is 23.8 Å². The van der Waals surface area contributed by atoms with E-state index < -0.39 is 12.1 Å². The molecule has 0 aromatic heterocycles. The van der Waals surface area contributed by atoms with Crippen molar-refractivity contribution in [1.82, 2.24) is 5.32 Å². The van der Waals surface area contributed by atoms with Gasteiger partial charge in [-0.2, -0.15) is 11.8 Å². The number of carbonyl (C=O) groups excluding carboxylic acids is 2. The summed E-state index contributed by atoms with van der Waals surface area (Å²) in [6, 6.07) is 8.80. The van der Waals surface area contributed by atoms with Crippen LogP contribution in [0.5, 0.6) is 0 Å². The maximum Gasteiger partial charge on any atom is 0.408 e. The number of nitrogens with one attached hydrogen (secondary N) is 1. The molecule has 0 saturated heterocycles. The van der Waals surface area contributed by atoms with Gasteiger partial charge in [0, 0.05) is 0 Å². The van der Waals surface area contributed by atoms with Crippen LogP contribution in [0.2, 0.25) is 0 Å². The average molecular weight is 438 g/mol. The number of carbonyl (C=O) groups is 2. The molecule has 1 amide bonds. The Hall–Kier alpha value is -1.69.